The highest BCUT2D eigenvalue weighted by atomic mass is 35.5. The molecule has 0 radical (unpaired) electrons. The van der Waals surface area contributed by atoms with Crippen molar-refractivity contribution in [2.45, 2.75) is 18.2 Å². The molecule has 1 atom stereocenters. The van der Waals surface area contributed by atoms with Gasteiger partial charge in [-0.2, -0.15) is 0 Å². The minimum atomic E-state index is -0.0152. The summed E-state index contributed by atoms with van der Waals surface area (Å²) in [4.78, 5) is 0. The molecule has 94 valence electrons. The lowest BCUT2D eigenvalue weighted by Crippen LogP contribution is -1.95. The van der Waals surface area contributed by atoms with E-state index in [0.717, 1.165) is 24.0 Å². The lowest BCUT2D eigenvalue weighted by molar-refractivity contribution is 0.794. The first-order valence-corrected chi connectivity index (χ1v) is 6.99. The Bertz CT molecular complexity index is 488. The second-order valence-electron chi connectivity index (χ2n) is 4.12. The molecular formula is C15H13Cl3. The number of rotatable bonds is 4. The highest BCUT2D eigenvalue weighted by Gasteiger charge is 2.11. The molecule has 0 heterocycles. The Hall–Kier alpha value is -0.690. The minimum Gasteiger partial charge on any atom is -0.118 e. The number of hydrogen-bond acceptors (Lipinski definition) is 0. The SMILES string of the molecule is Clc1cccc(Cl)c1CCC(Cl)c1ccccc1. The molecule has 2 rings (SSSR count). The van der Waals surface area contributed by atoms with Crippen LogP contribution >= 0.6 is 34.8 Å². The Labute approximate surface area is 122 Å². The van der Waals surface area contributed by atoms with Crippen LogP contribution in [0.3, 0.4) is 0 Å². The van der Waals surface area contributed by atoms with Gasteiger partial charge in [-0.05, 0) is 36.1 Å². The third-order valence-electron chi connectivity index (χ3n) is 2.87. The van der Waals surface area contributed by atoms with Crippen molar-refractivity contribution >= 4 is 34.8 Å². The molecule has 2 aromatic rings. The molecule has 1 unspecified atom stereocenters. The molecule has 2 aromatic carbocycles. The van der Waals surface area contributed by atoms with Crippen molar-refractivity contribution in [3.05, 3.63) is 69.7 Å². The lowest BCUT2D eigenvalue weighted by atomic mass is 10.0. The quantitative estimate of drug-likeness (QED) is 0.616. The van der Waals surface area contributed by atoms with E-state index in [1.807, 2.05) is 48.5 Å². The van der Waals surface area contributed by atoms with Crippen LogP contribution in [0.5, 0.6) is 0 Å². The summed E-state index contributed by atoms with van der Waals surface area (Å²) in [5.41, 5.74) is 2.10. The maximum absolute atomic E-state index is 6.37. The van der Waals surface area contributed by atoms with Crippen LogP contribution in [0.4, 0.5) is 0 Å². The molecule has 3 heteroatoms. The van der Waals surface area contributed by atoms with Gasteiger partial charge in [-0.3, -0.25) is 0 Å². The summed E-state index contributed by atoms with van der Waals surface area (Å²) in [5.74, 6) is 0. The fraction of sp³-hybridized carbons (Fsp3) is 0.200. The normalized spacial score (nSPS) is 12.4. The van der Waals surface area contributed by atoms with Crippen molar-refractivity contribution in [2.75, 3.05) is 0 Å². The third-order valence-corrected chi connectivity index (χ3v) is 4.05. The fourth-order valence-corrected chi connectivity index (χ4v) is 2.71. The van der Waals surface area contributed by atoms with E-state index in [0.29, 0.717) is 10.0 Å². The number of halogens is 3. The van der Waals surface area contributed by atoms with Gasteiger partial charge in [-0.1, -0.05) is 59.6 Å². The maximum Gasteiger partial charge on any atom is 0.0588 e. The average Bonchev–Trinajstić information content (AvgIpc) is 2.39. The van der Waals surface area contributed by atoms with Crippen molar-refractivity contribution in [1.29, 1.82) is 0 Å². The number of benzene rings is 2. The first kappa shape index (κ1) is 13.7. The maximum atomic E-state index is 6.37. The highest BCUT2D eigenvalue weighted by molar-refractivity contribution is 6.36. The first-order valence-electron chi connectivity index (χ1n) is 5.80. The molecular weight excluding hydrogens is 287 g/mol. The van der Waals surface area contributed by atoms with E-state index >= 15 is 0 Å². The summed E-state index contributed by atoms with van der Waals surface area (Å²) < 4.78 is 0. The molecule has 0 saturated carbocycles. The summed E-state index contributed by atoms with van der Waals surface area (Å²) in [6, 6.07) is 15.6. The van der Waals surface area contributed by atoms with Gasteiger partial charge in [-0.15, -0.1) is 11.6 Å². The summed E-state index contributed by atoms with van der Waals surface area (Å²) in [7, 11) is 0. The fourth-order valence-electron chi connectivity index (χ4n) is 1.87. The largest absolute Gasteiger partial charge is 0.118 e. The Kier molecular flexibility index (Phi) is 4.94. The summed E-state index contributed by atoms with van der Waals surface area (Å²) in [5, 5.41) is 1.40. The molecule has 0 spiro atoms. The van der Waals surface area contributed by atoms with Crippen LogP contribution in [-0.2, 0) is 6.42 Å². The van der Waals surface area contributed by atoms with Crippen LogP contribution in [0.1, 0.15) is 22.9 Å². The topological polar surface area (TPSA) is 0 Å². The Morgan fingerprint density at radius 1 is 0.833 bits per heavy atom. The molecule has 0 N–H and O–H groups in total. The third kappa shape index (κ3) is 3.41. The smallest absolute Gasteiger partial charge is 0.0588 e. The average molecular weight is 300 g/mol. The van der Waals surface area contributed by atoms with Crippen LogP contribution in [-0.4, -0.2) is 0 Å². The van der Waals surface area contributed by atoms with Gasteiger partial charge in [0.05, 0.1) is 5.38 Å². The van der Waals surface area contributed by atoms with Gasteiger partial charge in [0.25, 0.3) is 0 Å². The van der Waals surface area contributed by atoms with Gasteiger partial charge in [0.15, 0.2) is 0 Å². The zero-order valence-corrected chi connectivity index (χ0v) is 12.0. The van der Waals surface area contributed by atoms with E-state index in [1.54, 1.807) is 0 Å². The lowest BCUT2D eigenvalue weighted by Gasteiger charge is -2.11. The number of alkyl halides is 1. The van der Waals surface area contributed by atoms with E-state index < -0.39 is 0 Å². The Morgan fingerprint density at radius 2 is 1.44 bits per heavy atom. The summed E-state index contributed by atoms with van der Waals surface area (Å²) in [6.45, 7) is 0. The highest BCUT2D eigenvalue weighted by Crippen LogP contribution is 2.30. The van der Waals surface area contributed by atoms with Gasteiger partial charge in [0.2, 0.25) is 0 Å². The standard InChI is InChI=1S/C15H13Cl3/c16-13(11-5-2-1-3-6-11)10-9-12-14(17)7-4-8-15(12)18/h1-8,13H,9-10H2. The van der Waals surface area contributed by atoms with E-state index in [2.05, 4.69) is 0 Å². The van der Waals surface area contributed by atoms with E-state index in [1.165, 1.54) is 0 Å². The van der Waals surface area contributed by atoms with E-state index in [-0.39, 0.29) is 5.38 Å². The van der Waals surface area contributed by atoms with Gasteiger partial charge in [0.1, 0.15) is 0 Å². The van der Waals surface area contributed by atoms with E-state index in [4.69, 9.17) is 34.8 Å². The summed E-state index contributed by atoms with van der Waals surface area (Å²) in [6.07, 6.45) is 1.59. The van der Waals surface area contributed by atoms with Crippen molar-refractivity contribution in [3.8, 4) is 0 Å². The van der Waals surface area contributed by atoms with Crippen molar-refractivity contribution in [2.24, 2.45) is 0 Å². The Balaban J connectivity index is 2.04. The number of hydrogen-bond donors (Lipinski definition) is 0. The Morgan fingerprint density at radius 3 is 2.06 bits per heavy atom. The molecule has 0 aromatic heterocycles. The van der Waals surface area contributed by atoms with Crippen molar-refractivity contribution in [1.82, 2.24) is 0 Å². The van der Waals surface area contributed by atoms with Crippen LogP contribution in [0.15, 0.2) is 48.5 Å². The van der Waals surface area contributed by atoms with Crippen LogP contribution in [0.25, 0.3) is 0 Å². The predicted molar refractivity (Wildman–Crippen MR) is 79.8 cm³/mol. The molecule has 0 saturated heterocycles. The molecule has 0 amide bonds. The molecule has 0 bridgehead atoms. The van der Waals surface area contributed by atoms with Crippen LogP contribution < -0.4 is 0 Å². The molecule has 0 nitrogen and oxygen atoms in total. The van der Waals surface area contributed by atoms with Gasteiger partial charge in [-0.25, -0.2) is 0 Å². The van der Waals surface area contributed by atoms with Crippen LogP contribution in [0, 0.1) is 0 Å². The second-order valence-corrected chi connectivity index (χ2v) is 5.46. The zero-order valence-electron chi connectivity index (χ0n) is 9.74. The molecule has 0 fully saturated rings. The van der Waals surface area contributed by atoms with Gasteiger partial charge in [0, 0.05) is 10.0 Å². The van der Waals surface area contributed by atoms with Crippen molar-refractivity contribution in [3.63, 3.8) is 0 Å². The van der Waals surface area contributed by atoms with Gasteiger partial charge >= 0.3 is 0 Å². The summed E-state index contributed by atoms with van der Waals surface area (Å²) >= 11 is 18.6. The molecule has 0 aliphatic rings. The minimum absolute atomic E-state index is 0.0152. The van der Waals surface area contributed by atoms with Gasteiger partial charge < -0.3 is 0 Å². The monoisotopic (exact) mass is 298 g/mol. The molecule has 18 heavy (non-hydrogen) atoms. The second kappa shape index (κ2) is 6.47. The molecule has 0 aliphatic heterocycles. The van der Waals surface area contributed by atoms with Crippen LogP contribution in [0.2, 0.25) is 10.0 Å². The molecule has 0 aliphatic carbocycles. The zero-order chi connectivity index (χ0) is 13.0. The first-order chi connectivity index (χ1) is 8.68. The van der Waals surface area contributed by atoms with Crippen molar-refractivity contribution < 1.29 is 0 Å². The van der Waals surface area contributed by atoms with E-state index in [9.17, 15) is 0 Å². The predicted octanol–water partition coefficient (Wildman–Crippen LogP) is 5.91.